The maximum Gasteiger partial charge on any atom is 0.335 e. The predicted molar refractivity (Wildman–Crippen MR) is 33.4 cm³/mol. The Kier molecular flexibility index (Phi) is 4.64. The van der Waals surface area contributed by atoms with E-state index in [4.69, 9.17) is 5.11 Å². The number of halogens is 1. The molecule has 0 bridgehead atoms. The van der Waals surface area contributed by atoms with E-state index in [2.05, 4.69) is 0 Å². The fourth-order valence-electron chi connectivity index (χ4n) is 0.592. The summed E-state index contributed by atoms with van der Waals surface area (Å²) < 4.78 is 12.2. The van der Waals surface area contributed by atoms with Gasteiger partial charge in [-0.25, -0.2) is 9.18 Å². The van der Waals surface area contributed by atoms with Gasteiger partial charge in [0.15, 0.2) is 0 Å². The second kappa shape index (κ2) is 4.70. The van der Waals surface area contributed by atoms with Crippen LogP contribution < -0.4 is 0 Å². The minimum atomic E-state index is -1.04. The molecule has 4 heteroatoms. The van der Waals surface area contributed by atoms with Gasteiger partial charge in [-0.15, -0.1) is 0 Å². The molecule has 1 aromatic rings. The number of aromatic carboxylic acids is 1. The summed E-state index contributed by atoms with van der Waals surface area (Å²) in [5, 5.41) is 8.35. The van der Waals surface area contributed by atoms with Crippen LogP contribution in [0.25, 0.3) is 0 Å². The Morgan fingerprint density at radius 1 is 1.27 bits per heavy atom. The fraction of sp³-hybridized carbons (Fsp3) is 0. The third-order valence-corrected chi connectivity index (χ3v) is 1.09. The monoisotopic (exact) mass is 180 g/mol. The van der Waals surface area contributed by atoms with Gasteiger partial charge in [0.25, 0.3) is 0 Å². The van der Waals surface area contributed by atoms with E-state index < -0.39 is 11.8 Å². The third-order valence-electron chi connectivity index (χ3n) is 1.09. The Morgan fingerprint density at radius 3 is 2.09 bits per heavy atom. The van der Waals surface area contributed by atoms with E-state index in [0.29, 0.717) is 0 Å². The molecular weight excluding hydrogens is 175 g/mol. The van der Waals surface area contributed by atoms with Crippen LogP contribution in [-0.4, -0.2) is 11.1 Å². The predicted octanol–water partition coefficient (Wildman–Crippen LogP) is 1.52. The van der Waals surface area contributed by atoms with Crippen LogP contribution in [0, 0.1) is 43.6 Å². The summed E-state index contributed by atoms with van der Waals surface area (Å²) in [5.41, 5.74) is 0.0985. The molecule has 0 saturated heterocycles. The SMILES string of the molecule is O=C(O)c1ccc(F)cc1.[Ar]. The van der Waals surface area contributed by atoms with Crippen molar-refractivity contribution in [2.75, 3.05) is 0 Å². The van der Waals surface area contributed by atoms with E-state index in [1.165, 1.54) is 12.1 Å². The molecule has 11 heavy (non-hydrogen) atoms. The summed E-state index contributed by atoms with van der Waals surface area (Å²) in [4.78, 5) is 10.2. The molecule has 0 aliphatic heterocycles. The molecule has 0 heterocycles. The molecule has 0 aromatic heterocycles. The van der Waals surface area contributed by atoms with Gasteiger partial charge in [0.2, 0.25) is 0 Å². The number of carbonyl (C=O) groups is 1. The first kappa shape index (κ1) is 10.9. The molecule has 0 radical (unpaired) electrons. The zero-order valence-electron chi connectivity index (χ0n) is 5.40. The van der Waals surface area contributed by atoms with Crippen molar-refractivity contribution in [1.29, 1.82) is 0 Å². The summed E-state index contributed by atoms with van der Waals surface area (Å²) in [6, 6.07) is 4.67. The van der Waals surface area contributed by atoms with E-state index in [0.717, 1.165) is 12.1 Å². The van der Waals surface area contributed by atoms with E-state index in [-0.39, 0.29) is 43.3 Å². The summed E-state index contributed by atoms with van der Waals surface area (Å²) >= 11 is 0. The maximum absolute atomic E-state index is 12.2. The van der Waals surface area contributed by atoms with Crippen molar-refractivity contribution in [3.8, 4) is 0 Å². The van der Waals surface area contributed by atoms with E-state index in [9.17, 15) is 9.18 Å². The van der Waals surface area contributed by atoms with Crippen molar-refractivity contribution < 1.29 is 52.0 Å². The van der Waals surface area contributed by atoms with Gasteiger partial charge in [0, 0.05) is 37.7 Å². The van der Waals surface area contributed by atoms with Crippen LogP contribution in [0.4, 0.5) is 4.39 Å². The molecule has 0 amide bonds. The van der Waals surface area contributed by atoms with Gasteiger partial charge >= 0.3 is 5.97 Å². The molecule has 0 saturated carbocycles. The molecule has 0 aliphatic rings. The van der Waals surface area contributed by atoms with Crippen LogP contribution in [0.5, 0.6) is 0 Å². The molecule has 0 unspecified atom stereocenters. The van der Waals surface area contributed by atoms with E-state index in [1.807, 2.05) is 0 Å². The first-order valence-electron chi connectivity index (χ1n) is 2.69. The van der Waals surface area contributed by atoms with Crippen molar-refractivity contribution in [2.45, 2.75) is 0 Å². The number of hydrogen-bond donors (Lipinski definition) is 1. The summed E-state index contributed by atoms with van der Waals surface area (Å²) in [5.74, 6) is -1.47. The molecule has 0 aliphatic carbocycles. The van der Waals surface area contributed by atoms with Crippen molar-refractivity contribution >= 4 is 5.97 Å². The summed E-state index contributed by atoms with van der Waals surface area (Å²) in [7, 11) is 0. The summed E-state index contributed by atoms with van der Waals surface area (Å²) in [6.07, 6.45) is 0. The smallest absolute Gasteiger partial charge is 0.335 e. The van der Waals surface area contributed by atoms with Crippen molar-refractivity contribution in [2.24, 2.45) is 0 Å². The van der Waals surface area contributed by atoms with Crippen LogP contribution in [0.2, 0.25) is 0 Å². The Bertz CT molecular complexity index is 245. The zero-order chi connectivity index (χ0) is 7.56. The number of carboxylic acids is 1. The molecule has 0 atom stereocenters. The summed E-state index contributed by atoms with van der Waals surface area (Å²) in [6.45, 7) is 0. The average Bonchev–Trinajstić information content (AvgIpc) is 1.88. The minimum absolute atomic E-state index is 0. The van der Waals surface area contributed by atoms with E-state index >= 15 is 0 Å². The normalized spacial score (nSPS) is 8.45. The van der Waals surface area contributed by atoms with Crippen molar-refractivity contribution in [3.05, 3.63) is 35.6 Å². The quantitative estimate of drug-likeness (QED) is 0.711. The molecule has 2 nitrogen and oxygen atoms in total. The van der Waals surface area contributed by atoms with Gasteiger partial charge in [-0.05, 0) is 24.3 Å². The van der Waals surface area contributed by atoms with Crippen LogP contribution in [0.1, 0.15) is 10.4 Å². The second-order valence-corrected chi connectivity index (χ2v) is 1.81. The largest absolute Gasteiger partial charge is 0.478 e. The molecule has 60 valence electrons. The molecule has 1 N–H and O–H groups in total. The Labute approximate surface area is 93.0 Å². The van der Waals surface area contributed by atoms with Gasteiger partial charge in [-0.1, -0.05) is 0 Å². The number of hydrogen-bond acceptors (Lipinski definition) is 1. The van der Waals surface area contributed by atoms with Crippen molar-refractivity contribution in [3.63, 3.8) is 0 Å². The standard InChI is InChI=1S/C7H5FO2.Ar/c8-6-3-1-5(2-4-6)7(9)10;/h1-4H,(H,9,10);. The number of carboxylic acid groups (broad SMARTS) is 1. The maximum atomic E-state index is 12.2. The molecule has 0 spiro atoms. The first-order chi connectivity index (χ1) is 4.70. The molecule has 1 rings (SSSR count). The van der Waals surface area contributed by atoms with Crippen molar-refractivity contribution in [1.82, 2.24) is 0 Å². The van der Waals surface area contributed by atoms with Gasteiger partial charge in [-0.2, -0.15) is 0 Å². The van der Waals surface area contributed by atoms with Gasteiger partial charge < -0.3 is 5.11 Å². The first-order valence-corrected chi connectivity index (χ1v) is 2.69. The average molecular weight is 180 g/mol. The van der Waals surface area contributed by atoms with Crippen LogP contribution in [0.3, 0.4) is 0 Å². The zero-order valence-corrected chi connectivity index (χ0v) is 6.10. The topological polar surface area (TPSA) is 37.3 Å². The number of rotatable bonds is 1. The minimum Gasteiger partial charge on any atom is -0.478 e. The van der Waals surface area contributed by atoms with Crippen LogP contribution in [-0.2, 0) is 0 Å². The van der Waals surface area contributed by atoms with Crippen LogP contribution >= 0.6 is 0 Å². The molecule has 1 aromatic carbocycles. The Morgan fingerprint density at radius 2 is 1.73 bits per heavy atom. The van der Waals surface area contributed by atoms with Gasteiger partial charge in [0.05, 0.1) is 5.56 Å². The van der Waals surface area contributed by atoms with Gasteiger partial charge in [0.1, 0.15) is 5.82 Å². The Balaban J connectivity index is 0.000001000. The third kappa shape index (κ3) is 3.18. The number of benzene rings is 1. The van der Waals surface area contributed by atoms with E-state index in [1.54, 1.807) is 0 Å². The fourth-order valence-corrected chi connectivity index (χ4v) is 0.592. The Hall–Kier alpha value is -0.120. The van der Waals surface area contributed by atoms with Gasteiger partial charge in [-0.3, -0.25) is 0 Å². The van der Waals surface area contributed by atoms with Crippen LogP contribution in [0.15, 0.2) is 24.3 Å². The molecule has 0 fully saturated rings. The second-order valence-electron chi connectivity index (χ2n) is 1.81. The molecular formula is C7H5ArFO2.